The maximum atomic E-state index is 13.6. The Labute approximate surface area is 148 Å². The van der Waals surface area contributed by atoms with Crippen molar-refractivity contribution < 1.29 is 32.3 Å². The summed E-state index contributed by atoms with van der Waals surface area (Å²) >= 11 is 0.895. The van der Waals surface area contributed by atoms with E-state index in [-0.39, 0.29) is 10.4 Å². The van der Waals surface area contributed by atoms with E-state index in [1.807, 2.05) is 0 Å². The monoisotopic (exact) mass is 388 g/mol. The average molecular weight is 388 g/mol. The number of hydrogen-bond acceptors (Lipinski definition) is 4. The number of urea groups is 1. The topological polar surface area (TPSA) is 78.4 Å². The summed E-state index contributed by atoms with van der Waals surface area (Å²) in [5.41, 5.74) is -3.88. The number of carbonyl (C=O) groups is 2. The van der Waals surface area contributed by atoms with E-state index in [1.54, 1.807) is 0 Å². The van der Waals surface area contributed by atoms with Crippen molar-refractivity contribution in [1.29, 1.82) is 0 Å². The fourth-order valence-corrected chi connectivity index (χ4v) is 3.59. The minimum absolute atomic E-state index is 0.0305. The van der Waals surface area contributed by atoms with Gasteiger partial charge in [-0.3, -0.25) is 4.79 Å². The van der Waals surface area contributed by atoms with Crippen LogP contribution < -0.4 is 10.6 Å². The molecule has 1 aliphatic heterocycles. The van der Waals surface area contributed by atoms with Crippen LogP contribution in [-0.4, -0.2) is 28.8 Å². The van der Waals surface area contributed by atoms with E-state index in [0.29, 0.717) is 0 Å². The Bertz CT molecular complexity index is 840. The molecule has 3 N–H and O–H groups in total. The van der Waals surface area contributed by atoms with Crippen LogP contribution >= 0.6 is 11.3 Å². The molecule has 0 unspecified atom stereocenters. The Balaban J connectivity index is 2.16. The van der Waals surface area contributed by atoms with E-state index < -0.39 is 41.5 Å². The lowest BCUT2D eigenvalue weighted by molar-refractivity contribution is -0.287. The van der Waals surface area contributed by atoms with E-state index in [9.17, 15) is 32.3 Å². The van der Waals surface area contributed by atoms with Crippen LogP contribution in [0.1, 0.15) is 21.3 Å². The zero-order valence-electron chi connectivity index (χ0n) is 12.9. The number of halogens is 4. The molecule has 1 aromatic carbocycles. The number of carbonyl (C=O) groups excluding carboxylic acids is 2. The van der Waals surface area contributed by atoms with Crippen LogP contribution in [0.25, 0.3) is 0 Å². The number of alkyl halides is 3. The molecule has 2 amide bonds. The van der Waals surface area contributed by atoms with Gasteiger partial charge in [0.05, 0.1) is 10.9 Å². The van der Waals surface area contributed by atoms with E-state index in [2.05, 4.69) is 5.32 Å². The standard InChI is InChI=1S/C16H12F4N2O3S/c17-9-4-1-3-8(7-9)12-11(13(23)10-5-2-6-26-10)15(25,16(18,19)20)22-14(24)21-12/h1-7,11-12,25H,(H2,21,22,24)/t11-,12-,15-/m1/s1. The first-order valence-electron chi connectivity index (χ1n) is 7.34. The van der Waals surface area contributed by atoms with Crippen molar-refractivity contribution in [2.75, 3.05) is 0 Å². The molecule has 1 aromatic heterocycles. The zero-order chi connectivity index (χ0) is 19.1. The summed E-state index contributed by atoms with van der Waals surface area (Å²) in [5.74, 6) is -3.93. The number of ketones is 1. The predicted molar refractivity (Wildman–Crippen MR) is 84.0 cm³/mol. The van der Waals surface area contributed by atoms with Crippen molar-refractivity contribution in [2.24, 2.45) is 5.92 Å². The second kappa shape index (κ2) is 6.36. The summed E-state index contributed by atoms with van der Waals surface area (Å²) < 4.78 is 54.4. The number of Topliss-reactive ketones (excluding diaryl/α,β-unsaturated/α-hetero) is 1. The maximum absolute atomic E-state index is 13.6. The number of benzene rings is 1. The zero-order valence-corrected chi connectivity index (χ0v) is 13.7. The molecule has 1 aliphatic rings. The van der Waals surface area contributed by atoms with Gasteiger partial charge in [0.25, 0.3) is 0 Å². The molecule has 2 heterocycles. The second-order valence-corrected chi connectivity index (χ2v) is 6.66. The van der Waals surface area contributed by atoms with Crippen LogP contribution in [0.2, 0.25) is 0 Å². The normalized spacial score (nSPS) is 26.1. The van der Waals surface area contributed by atoms with Gasteiger partial charge < -0.3 is 15.7 Å². The lowest BCUT2D eigenvalue weighted by atomic mass is 9.78. The van der Waals surface area contributed by atoms with Gasteiger partial charge in [-0.05, 0) is 29.1 Å². The molecule has 1 fully saturated rings. The van der Waals surface area contributed by atoms with Gasteiger partial charge in [0, 0.05) is 0 Å². The van der Waals surface area contributed by atoms with Gasteiger partial charge in [-0.1, -0.05) is 18.2 Å². The minimum Gasteiger partial charge on any atom is -0.363 e. The number of nitrogens with one attached hydrogen (secondary N) is 2. The molecule has 3 atom stereocenters. The minimum atomic E-state index is -5.34. The fourth-order valence-electron chi connectivity index (χ4n) is 2.89. The van der Waals surface area contributed by atoms with Gasteiger partial charge in [-0.2, -0.15) is 13.2 Å². The smallest absolute Gasteiger partial charge is 0.363 e. The summed E-state index contributed by atoms with van der Waals surface area (Å²) in [7, 11) is 0. The lowest BCUT2D eigenvalue weighted by Crippen LogP contribution is -2.72. The molecule has 2 aromatic rings. The van der Waals surface area contributed by atoms with E-state index >= 15 is 0 Å². The first-order chi connectivity index (χ1) is 12.1. The summed E-state index contributed by atoms with van der Waals surface area (Å²) in [6.45, 7) is 0. The number of amides is 2. The largest absolute Gasteiger partial charge is 0.437 e. The van der Waals surface area contributed by atoms with Gasteiger partial charge in [0.1, 0.15) is 11.7 Å². The summed E-state index contributed by atoms with van der Waals surface area (Å²) in [6.07, 6.45) is -5.34. The SMILES string of the molecule is O=C1N[C@H](c2cccc(F)c2)[C@H](C(=O)c2cccs2)[C@@](O)(C(F)(F)F)N1. The highest BCUT2D eigenvalue weighted by Crippen LogP contribution is 2.44. The van der Waals surface area contributed by atoms with E-state index in [4.69, 9.17) is 0 Å². The predicted octanol–water partition coefficient (Wildman–Crippen LogP) is 2.99. The van der Waals surface area contributed by atoms with Gasteiger partial charge in [0.2, 0.25) is 5.72 Å². The second-order valence-electron chi connectivity index (χ2n) is 5.71. The molecule has 0 spiro atoms. The molecule has 0 radical (unpaired) electrons. The molecule has 1 saturated heterocycles. The maximum Gasteiger partial charge on any atom is 0.437 e. The van der Waals surface area contributed by atoms with Crippen molar-refractivity contribution in [3.8, 4) is 0 Å². The highest BCUT2D eigenvalue weighted by molar-refractivity contribution is 7.12. The van der Waals surface area contributed by atoms with Crippen LogP contribution in [0.15, 0.2) is 41.8 Å². The van der Waals surface area contributed by atoms with Crippen LogP contribution in [0.4, 0.5) is 22.4 Å². The van der Waals surface area contributed by atoms with Gasteiger partial charge >= 0.3 is 12.2 Å². The molecular formula is C16H12F4N2O3S. The molecule has 0 aliphatic carbocycles. The van der Waals surface area contributed by atoms with Gasteiger partial charge in [-0.25, -0.2) is 9.18 Å². The van der Waals surface area contributed by atoms with Crippen molar-refractivity contribution in [1.82, 2.24) is 10.6 Å². The van der Waals surface area contributed by atoms with Crippen molar-refractivity contribution in [3.05, 3.63) is 58.0 Å². The number of thiophene rings is 1. The molecular weight excluding hydrogens is 376 g/mol. The van der Waals surface area contributed by atoms with Crippen LogP contribution in [0, 0.1) is 11.7 Å². The Morgan fingerprint density at radius 2 is 1.96 bits per heavy atom. The third-order valence-corrected chi connectivity index (χ3v) is 4.94. The van der Waals surface area contributed by atoms with Gasteiger partial charge in [0.15, 0.2) is 5.78 Å². The molecule has 0 bridgehead atoms. The molecule has 138 valence electrons. The highest BCUT2D eigenvalue weighted by Gasteiger charge is 2.66. The Kier molecular flexibility index (Phi) is 4.49. The average Bonchev–Trinajstić information content (AvgIpc) is 3.07. The van der Waals surface area contributed by atoms with Crippen LogP contribution in [0.5, 0.6) is 0 Å². The lowest BCUT2D eigenvalue weighted by Gasteiger charge is -2.44. The highest BCUT2D eigenvalue weighted by atomic mass is 32.1. The fraction of sp³-hybridized carbons (Fsp3) is 0.250. The summed E-state index contributed by atoms with van der Waals surface area (Å²) in [5, 5.41) is 15.4. The van der Waals surface area contributed by atoms with E-state index in [0.717, 1.165) is 23.5 Å². The molecule has 10 heteroatoms. The van der Waals surface area contributed by atoms with Crippen LogP contribution in [-0.2, 0) is 0 Å². The number of aliphatic hydroxyl groups is 1. The summed E-state index contributed by atoms with van der Waals surface area (Å²) in [4.78, 5) is 24.5. The molecule has 0 saturated carbocycles. The van der Waals surface area contributed by atoms with Crippen molar-refractivity contribution in [2.45, 2.75) is 17.9 Å². The number of rotatable bonds is 3. The molecule has 5 nitrogen and oxygen atoms in total. The Morgan fingerprint density at radius 3 is 2.54 bits per heavy atom. The molecule has 3 rings (SSSR count). The van der Waals surface area contributed by atoms with Crippen molar-refractivity contribution in [3.63, 3.8) is 0 Å². The van der Waals surface area contributed by atoms with E-state index in [1.165, 1.54) is 35.0 Å². The third kappa shape index (κ3) is 3.06. The first kappa shape index (κ1) is 18.3. The summed E-state index contributed by atoms with van der Waals surface area (Å²) in [6, 6.07) is 4.35. The molecule has 26 heavy (non-hydrogen) atoms. The quantitative estimate of drug-likeness (QED) is 0.559. The van der Waals surface area contributed by atoms with Crippen molar-refractivity contribution >= 4 is 23.2 Å². The first-order valence-corrected chi connectivity index (χ1v) is 8.22. The Hall–Kier alpha value is -2.46. The Morgan fingerprint density at radius 1 is 1.23 bits per heavy atom. The number of hydrogen-bond donors (Lipinski definition) is 3. The third-order valence-electron chi connectivity index (χ3n) is 4.06. The van der Waals surface area contributed by atoms with Gasteiger partial charge in [-0.15, -0.1) is 11.3 Å². The van der Waals surface area contributed by atoms with Crippen LogP contribution in [0.3, 0.4) is 0 Å².